The van der Waals surface area contributed by atoms with Gasteiger partial charge in [-0.2, -0.15) is 0 Å². The summed E-state index contributed by atoms with van der Waals surface area (Å²) in [7, 11) is 1.74. The van der Waals surface area contributed by atoms with E-state index in [0.717, 1.165) is 18.8 Å². The van der Waals surface area contributed by atoms with Crippen molar-refractivity contribution in [3.8, 4) is 5.75 Å². The minimum atomic E-state index is 0.328. The van der Waals surface area contributed by atoms with E-state index in [-0.39, 0.29) is 0 Å². The lowest BCUT2D eigenvalue weighted by Crippen LogP contribution is -2.53. The summed E-state index contributed by atoms with van der Waals surface area (Å²) in [5, 5.41) is 3.70. The fraction of sp³-hybridized carbons (Fsp3) is 0.625. The Labute approximate surface area is 115 Å². The number of nitrogens with zero attached hydrogens (tertiary/aromatic N) is 1. The normalized spacial score (nSPS) is 29.1. The van der Waals surface area contributed by atoms with Gasteiger partial charge in [0.25, 0.3) is 0 Å². The monoisotopic (exact) mass is 260 g/mol. The lowest BCUT2D eigenvalue weighted by atomic mass is 9.80. The van der Waals surface area contributed by atoms with Gasteiger partial charge in [0.1, 0.15) is 5.75 Å². The van der Waals surface area contributed by atoms with Gasteiger partial charge in [-0.3, -0.25) is 0 Å². The molecule has 2 aliphatic heterocycles. The van der Waals surface area contributed by atoms with Crippen molar-refractivity contribution in [1.29, 1.82) is 0 Å². The third kappa shape index (κ3) is 2.20. The number of piperidine rings is 1. The SMILES string of the molecule is COc1cccc(N2CCCC3NCC(C)(C)C32)c1. The highest BCUT2D eigenvalue weighted by Gasteiger charge is 2.46. The Morgan fingerprint density at radius 1 is 1.37 bits per heavy atom. The van der Waals surface area contributed by atoms with E-state index in [1.165, 1.54) is 18.5 Å². The van der Waals surface area contributed by atoms with Crippen molar-refractivity contribution in [2.75, 3.05) is 25.1 Å². The fourth-order valence-electron chi connectivity index (χ4n) is 3.75. The largest absolute Gasteiger partial charge is 0.497 e. The van der Waals surface area contributed by atoms with Crippen LogP contribution < -0.4 is 15.0 Å². The molecule has 0 spiro atoms. The van der Waals surface area contributed by atoms with Crippen molar-refractivity contribution in [1.82, 2.24) is 5.32 Å². The first-order valence-corrected chi connectivity index (χ1v) is 7.26. The molecule has 2 unspecified atom stereocenters. The second-order valence-corrected chi connectivity index (χ2v) is 6.46. The van der Waals surface area contributed by atoms with Gasteiger partial charge in [0.05, 0.1) is 13.2 Å². The number of methoxy groups -OCH3 is 1. The fourth-order valence-corrected chi connectivity index (χ4v) is 3.75. The summed E-state index contributed by atoms with van der Waals surface area (Å²) in [5.74, 6) is 0.948. The topological polar surface area (TPSA) is 24.5 Å². The number of benzene rings is 1. The zero-order valence-corrected chi connectivity index (χ0v) is 12.1. The van der Waals surface area contributed by atoms with Crippen LogP contribution >= 0.6 is 0 Å². The van der Waals surface area contributed by atoms with Gasteiger partial charge >= 0.3 is 0 Å². The standard InChI is InChI=1S/C16H24N2O/c1-16(2)11-17-14-8-5-9-18(15(14)16)12-6-4-7-13(10-12)19-3/h4,6-7,10,14-15,17H,5,8-9,11H2,1-3H3. The summed E-state index contributed by atoms with van der Waals surface area (Å²) < 4.78 is 5.37. The lowest BCUT2D eigenvalue weighted by molar-refractivity contribution is 0.291. The van der Waals surface area contributed by atoms with Gasteiger partial charge in [-0.1, -0.05) is 19.9 Å². The van der Waals surface area contributed by atoms with Gasteiger partial charge in [0, 0.05) is 30.9 Å². The summed E-state index contributed by atoms with van der Waals surface area (Å²) in [5.41, 5.74) is 1.62. The van der Waals surface area contributed by atoms with Crippen molar-refractivity contribution in [3.63, 3.8) is 0 Å². The molecule has 1 aromatic rings. The van der Waals surface area contributed by atoms with Crippen LogP contribution in [0.1, 0.15) is 26.7 Å². The third-order valence-corrected chi connectivity index (χ3v) is 4.64. The van der Waals surface area contributed by atoms with E-state index in [4.69, 9.17) is 4.74 Å². The summed E-state index contributed by atoms with van der Waals surface area (Å²) in [6.45, 7) is 7.02. The van der Waals surface area contributed by atoms with E-state index in [1.807, 2.05) is 6.07 Å². The van der Waals surface area contributed by atoms with Gasteiger partial charge < -0.3 is 15.0 Å². The zero-order chi connectivity index (χ0) is 13.5. The summed E-state index contributed by atoms with van der Waals surface area (Å²) in [4.78, 5) is 2.58. The minimum absolute atomic E-state index is 0.328. The third-order valence-electron chi connectivity index (χ3n) is 4.64. The Balaban J connectivity index is 1.93. The molecular weight excluding hydrogens is 236 g/mol. The molecule has 2 heterocycles. The predicted molar refractivity (Wildman–Crippen MR) is 78.9 cm³/mol. The number of hydrogen-bond donors (Lipinski definition) is 1. The Morgan fingerprint density at radius 2 is 2.21 bits per heavy atom. The Morgan fingerprint density at radius 3 is 3.00 bits per heavy atom. The Kier molecular flexibility index (Phi) is 3.17. The molecule has 104 valence electrons. The first-order chi connectivity index (χ1) is 9.12. The van der Waals surface area contributed by atoms with E-state index in [2.05, 4.69) is 42.3 Å². The molecular formula is C16H24N2O. The van der Waals surface area contributed by atoms with Crippen LogP contribution in [0.4, 0.5) is 5.69 Å². The van der Waals surface area contributed by atoms with Crippen LogP contribution in [-0.4, -0.2) is 32.3 Å². The maximum absolute atomic E-state index is 5.37. The highest BCUT2D eigenvalue weighted by atomic mass is 16.5. The van der Waals surface area contributed by atoms with Gasteiger partial charge in [-0.25, -0.2) is 0 Å². The highest BCUT2D eigenvalue weighted by Crippen LogP contribution is 2.39. The Hall–Kier alpha value is -1.22. The number of anilines is 1. The van der Waals surface area contributed by atoms with Crippen LogP contribution in [0.2, 0.25) is 0 Å². The number of ether oxygens (including phenoxy) is 1. The van der Waals surface area contributed by atoms with E-state index >= 15 is 0 Å². The molecule has 2 fully saturated rings. The molecule has 2 atom stereocenters. The van der Waals surface area contributed by atoms with Crippen LogP contribution in [0.5, 0.6) is 5.75 Å². The molecule has 2 saturated heterocycles. The van der Waals surface area contributed by atoms with Crippen LogP contribution in [-0.2, 0) is 0 Å². The molecule has 19 heavy (non-hydrogen) atoms. The van der Waals surface area contributed by atoms with Gasteiger partial charge in [-0.15, -0.1) is 0 Å². The molecule has 3 heteroatoms. The van der Waals surface area contributed by atoms with Gasteiger partial charge in [-0.05, 0) is 30.4 Å². The first-order valence-electron chi connectivity index (χ1n) is 7.26. The molecule has 3 nitrogen and oxygen atoms in total. The molecule has 3 rings (SSSR count). The van der Waals surface area contributed by atoms with E-state index in [1.54, 1.807) is 7.11 Å². The predicted octanol–water partition coefficient (Wildman–Crippen LogP) is 2.66. The summed E-state index contributed by atoms with van der Waals surface area (Å²) in [6.07, 6.45) is 2.57. The number of fused-ring (bicyclic) bond motifs is 1. The van der Waals surface area contributed by atoms with Crippen LogP contribution in [0.25, 0.3) is 0 Å². The number of hydrogen-bond acceptors (Lipinski definition) is 3. The molecule has 0 bridgehead atoms. The van der Waals surface area contributed by atoms with Crippen molar-refractivity contribution in [2.24, 2.45) is 5.41 Å². The van der Waals surface area contributed by atoms with E-state index in [0.29, 0.717) is 17.5 Å². The number of rotatable bonds is 2. The summed E-state index contributed by atoms with van der Waals surface area (Å²) in [6, 6.07) is 9.70. The van der Waals surface area contributed by atoms with Crippen molar-refractivity contribution in [3.05, 3.63) is 24.3 Å². The lowest BCUT2D eigenvalue weighted by Gasteiger charge is -2.44. The zero-order valence-electron chi connectivity index (χ0n) is 12.1. The maximum atomic E-state index is 5.37. The van der Waals surface area contributed by atoms with Gasteiger partial charge in [0.15, 0.2) is 0 Å². The molecule has 0 radical (unpaired) electrons. The molecule has 0 aliphatic carbocycles. The second-order valence-electron chi connectivity index (χ2n) is 6.46. The van der Waals surface area contributed by atoms with Crippen LogP contribution in [0.15, 0.2) is 24.3 Å². The van der Waals surface area contributed by atoms with Gasteiger partial charge in [0.2, 0.25) is 0 Å². The highest BCUT2D eigenvalue weighted by molar-refractivity contribution is 5.53. The molecule has 0 amide bonds. The van der Waals surface area contributed by atoms with Crippen molar-refractivity contribution < 1.29 is 4.74 Å². The van der Waals surface area contributed by atoms with Crippen molar-refractivity contribution in [2.45, 2.75) is 38.8 Å². The van der Waals surface area contributed by atoms with E-state index < -0.39 is 0 Å². The average Bonchev–Trinajstić information content (AvgIpc) is 2.75. The number of nitrogens with one attached hydrogen (secondary N) is 1. The quantitative estimate of drug-likeness (QED) is 0.885. The first kappa shape index (κ1) is 12.8. The minimum Gasteiger partial charge on any atom is -0.497 e. The van der Waals surface area contributed by atoms with Crippen LogP contribution in [0.3, 0.4) is 0 Å². The molecule has 1 aromatic carbocycles. The Bertz CT molecular complexity index is 458. The molecule has 2 aliphatic rings. The van der Waals surface area contributed by atoms with Crippen molar-refractivity contribution >= 4 is 5.69 Å². The molecule has 0 aromatic heterocycles. The smallest absolute Gasteiger partial charge is 0.120 e. The maximum Gasteiger partial charge on any atom is 0.120 e. The van der Waals surface area contributed by atoms with E-state index in [9.17, 15) is 0 Å². The molecule has 1 N–H and O–H groups in total. The molecule has 0 saturated carbocycles. The average molecular weight is 260 g/mol. The summed E-state index contributed by atoms with van der Waals surface area (Å²) >= 11 is 0. The second kappa shape index (κ2) is 4.71. The van der Waals surface area contributed by atoms with Crippen LogP contribution in [0, 0.1) is 5.41 Å².